The van der Waals surface area contributed by atoms with Crippen LogP contribution in [0.3, 0.4) is 0 Å². The Hall–Kier alpha value is -3.21. The number of aryl methyl sites for hydroxylation is 1. The van der Waals surface area contributed by atoms with Crippen molar-refractivity contribution in [3.63, 3.8) is 0 Å². The number of rotatable bonds is 9. The summed E-state index contributed by atoms with van der Waals surface area (Å²) in [4.78, 5) is 20.4. The fraction of sp³-hybridized carbons (Fsp3) is 0.458. The molecular formula is C24H31N8O2+. The second-order valence-corrected chi connectivity index (χ2v) is 9.42. The van der Waals surface area contributed by atoms with Gasteiger partial charge in [-0.1, -0.05) is 12.1 Å². The van der Waals surface area contributed by atoms with E-state index in [0.717, 1.165) is 30.8 Å². The number of nitro groups is 1. The predicted molar refractivity (Wildman–Crippen MR) is 131 cm³/mol. The summed E-state index contributed by atoms with van der Waals surface area (Å²) in [5.41, 5.74) is 4.29. The lowest BCUT2D eigenvalue weighted by atomic mass is 10.1. The number of hydrogen-bond donors (Lipinski definition) is 2. The average Bonchev–Trinajstić information content (AvgIpc) is 3.26. The maximum Gasteiger partial charge on any atom is 0.271 e. The lowest BCUT2D eigenvalue weighted by Gasteiger charge is -2.50. The number of non-ortho nitro benzene ring substituents is 1. The van der Waals surface area contributed by atoms with Gasteiger partial charge in [-0.3, -0.25) is 15.0 Å². The van der Waals surface area contributed by atoms with Gasteiger partial charge < -0.3 is 14.8 Å². The molecule has 2 N–H and O–H groups in total. The van der Waals surface area contributed by atoms with E-state index < -0.39 is 4.92 Å². The van der Waals surface area contributed by atoms with E-state index in [1.807, 2.05) is 13.0 Å². The third kappa shape index (κ3) is 4.98. The topological polar surface area (TPSA) is 112 Å². The molecule has 178 valence electrons. The monoisotopic (exact) mass is 463 g/mol. The van der Waals surface area contributed by atoms with E-state index in [1.165, 1.54) is 68.0 Å². The molecule has 0 amide bonds. The second kappa shape index (κ2) is 9.57. The molecule has 0 aliphatic carbocycles. The number of hydrogen-bond acceptors (Lipinski definition) is 7. The minimum absolute atomic E-state index is 0.00137. The SMILES string of the molecule is Cc1cc(CCNCC[N+]23CCN(CC2)CC3)ccc1N=Nc1nc2cc([N+](=O)[O-])ccc2[nH]1. The molecule has 3 saturated heterocycles. The molecule has 3 aliphatic heterocycles. The number of azo groups is 1. The summed E-state index contributed by atoms with van der Waals surface area (Å²) in [5.74, 6) is 0.324. The van der Waals surface area contributed by atoms with Gasteiger partial charge in [-0.2, -0.15) is 0 Å². The smallest absolute Gasteiger partial charge is 0.271 e. The van der Waals surface area contributed by atoms with Crippen LogP contribution in [0.5, 0.6) is 0 Å². The Balaban J connectivity index is 1.13. The maximum atomic E-state index is 10.9. The molecule has 0 saturated carbocycles. The molecule has 1 aromatic heterocycles. The average molecular weight is 464 g/mol. The van der Waals surface area contributed by atoms with E-state index in [-0.39, 0.29) is 5.69 Å². The fourth-order valence-corrected chi connectivity index (χ4v) is 4.97. The Kier molecular flexibility index (Phi) is 6.36. The van der Waals surface area contributed by atoms with E-state index in [9.17, 15) is 10.1 Å². The third-order valence-corrected chi connectivity index (χ3v) is 7.20. The van der Waals surface area contributed by atoms with Crippen molar-refractivity contribution in [2.24, 2.45) is 10.2 Å². The molecule has 2 aromatic carbocycles. The highest BCUT2D eigenvalue weighted by atomic mass is 16.6. The molecule has 10 heteroatoms. The number of aromatic amines is 1. The van der Waals surface area contributed by atoms with Gasteiger partial charge in [0.2, 0.25) is 5.95 Å². The number of aromatic nitrogens is 2. The molecule has 34 heavy (non-hydrogen) atoms. The van der Waals surface area contributed by atoms with Gasteiger partial charge in [-0.05, 0) is 43.1 Å². The number of fused-ring (bicyclic) bond motifs is 4. The fourth-order valence-electron chi connectivity index (χ4n) is 4.97. The molecule has 3 aliphatic rings. The Bertz CT molecular complexity index is 1200. The minimum atomic E-state index is -0.437. The first-order chi connectivity index (χ1) is 16.5. The molecule has 0 spiro atoms. The molecule has 6 rings (SSSR count). The Morgan fingerprint density at radius 2 is 1.91 bits per heavy atom. The number of benzene rings is 2. The van der Waals surface area contributed by atoms with Crippen LogP contribution in [0, 0.1) is 17.0 Å². The molecule has 2 bridgehead atoms. The number of quaternary nitrogens is 1. The molecule has 0 radical (unpaired) electrons. The normalized spacial score (nSPS) is 22.1. The van der Waals surface area contributed by atoms with E-state index in [2.05, 4.69) is 42.5 Å². The van der Waals surface area contributed by atoms with Crippen molar-refractivity contribution >= 4 is 28.4 Å². The molecule has 0 unspecified atom stereocenters. The summed E-state index contributed by atoms with van der Waals surface area (Å²) in [6.45, 7) is 13.0. The zero-order valence-corrected chi connectivity index (χ0v) is 19.5. The number of piperazine rings is 3. The zero-order chi connectivity index (χ0) is 23.5. The van der Waals surface area contributed by atoms with Crippen LogP contribution in [0.25, 0.3) is 11.0 Å². The van der Waals surface area contributed by atoms with Gasteiger partial charge in [0.15, 0.2) is 0 Å². The van der Waals surface area contributed by atoms with E-state index in [0.29, 0.717) is 17.0 Å². The van der Waals surface area contributed by atoms with Gasteiger partial charge in [-0.25, -0.2) is 4.98 Å². The van der Waals surface area contributed by atoms with E-state index in [4.69, 9.17) is 0 Å². The van der Waals surface area contributed by atoms with Crippen molar-refractivity contribution in [2.45, 2.75) is 13.3 Å². The van der Waals surface area contributed by atoms with Crippen LogP contribution >= 0.6 is 0 Å². The highest BCUT2D eigenvalue weighted by molar-refractivity contribution is 5.79. The van der Waals surface area contributed by atoms with Gasteiger partial charge in [-0.15, -0.1) is 10.2 Å². The maximum absolute atomic E-state index is 10.9. The van der Waals surface area contributed by atoms with Crippen LogP contribution in [-0.2, 0) is 6.42 Å². The summed E-state index contributed by atoms with van der Waals surface area (Å²) in [7, 11) is 0. The van der Waals surface area contributed by atoms with Crippen molar-refractivity contribution in [1.82, 2.24) is 20.2 Å². The van der Waals surface area contributed by atoms with Crippen LogP contribution in [0.4, 0.5) is 17.3 Å². The van der Waals surface area contributed by atoms with Crippen molar-refractivity contribution in [2.75, 3.05) is 58.9 Å². The largest absolute Gasteiger partial charge is 0.321 e. The number of nitro benzene ring substituents is 1. The summed E-state index contributed by atoms with van der Waals surface area (Å²) in [5, 5.41) is 23.1. The quantitative estimate of drug-likeness (QED) is 0.166. The standard InChI is InChI=1S/C24H31N8O2/c1-18-16-19(6-7-25-8-12-32-13-9-30(10-14-32)11-15-32)2-4-21(18)28-29-24-26-22-5-3-20(31(33)34)17-23(22)27-24/h2-5,16-17,25H,6-15H2,1H3,(H,26,27)/q+1. The first-order valence-corrected chi connectivity index (χ1v) is 11.9. The third-order valence-electron chi connectivity index (χ3n) is 7.20. The summed E-state index contributed by atoms with van der Waals surface area (Å²) in [6.07, 6.45) is 0.981. The minimum Gasteiger partial charge on any atom is -0.321 e. The van der Waals surface area contributed by atoms with Gasteiger partial charge in [0, 0.05) is 38.3 Å². The van der Waals surface area contributed by atoms with Crippen molar-refractivity contribution < 1.29 is 9.41 Å². The molecule has 3 fully saturated rings. The van der Waals surface area contributed by atoms with Gasteiger partial charge in [0.25, 0.3) is 5.69 Å². The summed E-state index contributed by atoms with van der Waals surface area (Å²) >= 11 is 0. The van der Waals surface area contributed by atoms with Crippen LogP contribution in [0.1, 0.15) is 11.1 Å². The number of nitrogens with zero attached hydrogens (tertiary/aromatic N) is 6. The van der Waals surface area contributed by atoms with Gasteiger partial charge in [0.1, 0.15) is 0 Å². The van der Waals surface area contributed by atoms with Crippen LogP contribution in [-0.4, -0.2) is 83.2 Å². The Labute approximate surface area is 198 Å². The summed E-state index contributed by atoms with van der Waals surface area (Å²) < 4.78 is 1.30. The highest BCUT2D eigenvalue weighted by Crippen LogP contribution is 2.25. The van der Waals surface area contributed by atoms with Crippen molar-refractivity contribution in [3.05, 3.63) is 57.6 Å². The lowest BCUT2D eigenvalue weighted by Crippen LogP contribution is -2.68. The van der Waals surface area contributed by atoms with Crippen molar-refractivity contribution in [1.29, 1.82) is 0 Å². The molecule has 4 heterocycles. The Morgan fingerprint density at radius 1 is 1.12 bits per heavy atom. The molecular weight excluding hydrogens is 432 g/mol. The highest BCUT2D eigenvalue weighted by Gasteiger charge is 2.37. The van der Waals surface area contributed by atoms with Gasteiger partial charge in [0.05, 0.1) is 47.8 Å². The van der Waals surface area contributed by atoms with Gasteiger partial charge >= 0.3 is 0 Å². The lowest BCUT2D eigenvalue weighted by molar-refractivity contribution is -0.939. The number of imidazole rings is 1. The molecule has 10 nitrogen and oxygen atoms in total. The second-order valence-electron chi connectivity index (χ2n) is 9.42. The molecule has 0 atom stereocenters. The zero-order valence-electron chi connectivity index (χ0n) is 19.5. The van der Waals surface area contributed by atoms with E-state index in [1.54, 1.807) is 6.07 Å². The molecule has 3 aromatic rings. The first kappa shape index (κ1) is 22.6. The number of nitrogens with one attached hydrogen (secondary N) is 2. The van der Waals surface area contributed by atoms with Crippen molar-refractivity contribution in [3.8, 4) is 0 Å². The van der Waals surface area contributed by atoms with Crippen LogP contribution in [0.2, 0.25) is 0 Å². The van der Waals surface area contributed by atoms with Crippen LogP contribution in [0.15, 0.2) is 46.6 Å². The predicted octanol–water partition coefficient (Wildman–Crippen LogP) is 3.47. The van der Waals surface area contributed by atoms with Crippen LogP contribution < -0.4 is 5.32 Å². The van der Waals surface area contributed by atoms with E-state index >= 15 is 0 Å². The Morgan fingerprint density at radius 3 is 2.65 bits per heavy atom. The number of H-pyrrole nitrogens is 1. The summed E-state index contributed by atoms with van der Waals surface area (Å²) in [6, 6.07) is 10.7. The first-order valence-electron chi connectivity index (χ1n) is 11.9.